The summed E-state index contributed by atoms with van der Waals surface area (Å²) in [6.45, 7) is 1.11. The molecule has 0 radical (unpaired) electrons. The van der Waals surface area contributed by atoms with Gasteiger partial charge >= 0.3 is 0 Å². The van der Waals surface area contributed by atoms with Crippen LogP contribution >= 0.6 is 0 Å². The highest BCUT2D eigenvalue weighted by molar-refractivity contribution is 5.17. The molecule has 0 spiro atoms. The minimum absolute atomic E-state index is 0.153. The fraction of sp³-hybridized carbons (Fsp3) is 1.00. The van der Waals surface area contributed by atoms with Crippen LogP contribution in [-0.2, 0) is 4.74 Å². The van der Waals surface area contributed by atoms with Gasteiger partial charge in [0.1, 0.15) is 0 Å². The Morgan fingerprint density at radius 3 is 0.913 bits per heavy atom. The van der Waals surface area contributed by atoms with Crippen molar-refractivity contribution in [2.24, 2.45) is 40.9 Å². The van der Waals surface area contributed by atoms with E-state index in [0.29, 0.717) is 5.41 Å². The highest BCUT2D eigenvalue weighted by atomic mass is 16.5. The smallest absolute Gasteiger partial charge is 0.0802 e. The normalized spacial score (nSPS) is 32.2. The quantitative estimate of drug-likeness (QED) is 0.292. The SMILES string of the molecule is C1CCCC(C2CCOC(C3CCCCCCC3)(C3CCCCCCC3)C2(C2CCCCCCC2)C2CCCCCCC2)CCC1. The molecule has 1 aliphatic heterocycles. The Kier molecular flexibility index (Phi) is 14.6. The molecule has 6 rings (SSSR count). The molecule has 0 amide bonds. The van der Waals surface area contributed by atoms with Crippen LogP contribution in [-0.4, -0.2) is 12.2 Å². The summed E-state index contributed by atoms with van der Waals surface area (Å²) < 4.78 is 8.18. The maximum absolute atomic E-state index is 8.18. The van der Waals surface area contributed by atoms with E-state index < -0.39 is 0 Å². The first-order chi connectivity index (χ1) is 22.9. The molecule has 6 fully saturated rings. The molecule has 1 saturated heterocycles. The van der Waals surface area contributed by atoms with Crippen molar-refractivity contribution in [1.82, 2.24) is 0 Å². The van der Waals surface area contributed by atoms with E-state index >= 15 is 0 Å². The van der Waals surface area contributed by atoms with Crippen molar-refractivity contribution < 1.29 is 4.74 Å². The fourth-order valence-electron chi connectivity index (χ4n) is 14.0. The largest absolute Gasteiger partial charge is 0.374 e. The summed E-state index contributed by atoms with van der Waals surface area (Å²) in [5.41, 5.74) is 0.582. The summed E-state index contributed by atoms with van der Waals surface area (Å²) in [5, 5.41) is 0. The van der Waals surface area contributed by atoms with E-state index in [4.69, 9.17) is 4.74 Å². The van der Waals surface area contributed by atoms with Gasteiger partial charge in [0.05, 0.1) is 5.60 Å². The maximum atomic E-state index is 8.18. The molecule has 5 aliphatic carbocycles. The highest BCUT2D eigenvalue weighted by Gasteiger charge is 2.69. The van der Waals surface area contributed by atoms with Crippen molar-refractivity contribution in [3.05, 3.63) is 0 Å². The van der Waals surface area contributed by atoms with Crippen molar-refractivity contribution >= 4 is 0 Å². The average Bonchev–Trinajstić information content (AvgIpc) is 2.97. The summed E-state index contributed by atoms with van der Waals surface area (Å²) >= 11 is 0. The third-order valence-electron chi connectivity index (χ3n) is 15.8. The van der Waals surface area contributed by atoms with Gasteiger partial charge in [0.15, 0.2) is 0 Å². The minimum Gasteiger partial charge on any atom is -0.374 e. The molecule has 0 aromatic rings. The Hall–Kier alpha value is -0.0400. The monoisotopic (exact) mass is 637 g/mol. The lowest BCUT2D eigenvalue weighted by molar-refractivity contribution is -0.309. The molecule has 1 heteroatoms. The number of hydrogen-bond donors (Lipinski definition) is 0. The van der Waals surface area contributed by atoms with Gasteiger partial charge in [-0.05, 0) is 93.3 Å². The Balaban J connectivity index is 1.57. The predicted molar refractivity (Wildman–Crippen MR) is 198 cm³/mol. The van der Waals surface area contributed by atoms with Crippen LogP contribution in [0.4, 0.5) is 0 Å². The van der Waals surface area contributed by atoms with Crippen LogP contribution in [0.3, 0.4) is 0 Å². The van der Waals surface area contributed by atoms with Gasteiger partial charge in [0.2, 0.25) is 0 Å². The van der Waals surface area contributed by atoms with E-state index in [1.807, 2.05) is 0 Å². The summed E-state index contributed by atoms with van der Waals surface area (Å²) in [4.78, 5) is 0. The highest BCUT2D eigenvalue weighted by Crippen LogP contribution is 2.70. The lowest BCUT2D eigenvalue weighted by Gasteiger charge is -2.70. The molecule has 1 heterocycles. The first kappa shape index (κ1) is 35.8. The number of hydrogen-bond acceptors (Lipinski definition) is 1. The summed E-state index contributed by atoms with van der Waals surface area (Å²) in [6, 6.07) is 0. The molecule has 1 atom stereocenters. The number of rotatable bonds is 5. The first-order valence-corrected chi connectivity index (χ1v) is 22.5. The van der Waals surface area contributed by atoms with Crippen LogP contribution in [0.25, 0.3) is 0 Å². The van der Waals surface area contributed by atoms with Gasteiger partial charge in [-0.15, -0.1) is 0 Å². The molecule has 5 saturated carbocycles. The zero-order valence-corrected chi connectivity index (χ0v) is 31.0. The Bertz CT molecular complexity index is 747. The van der Waals surface area contributed by atoms with Crippen LogP contribution < -0.4 is 0 Å². The molecule has 0 bridgehead atoms. The lowest BCUT2D eigenvalue weighted by Crippen LogP contribution is -2.71. The van der Waals surface area contributed by atoms with Gasteiger partial charge in [-0.3, -0.25) is 0 Å². The van der Waals surface area contributed by atoms with Gasteiger partial charge in [-0.2, -0.15) is 0 Å². The molecule has 46 heavy (non-hydrogen) atoms. The lowest BCUT2D eigenvalue weighted by atomic mass is 9.39. The summed E-state index contributed by atoms with van der Waals surface area (Å²) in [7, 11) is 0. The van der Waals surface area contributed by atoms with E-state index in [9.17, 15) is 0 Å². The molecule has 1 nitrogen and oxygen atoms in total. The second-order valence-electron chi connectivity index (χ2n) is 18.2. The van der Waals surface area contributed by atoms with Crippen molar-refractivity contribution in [1.29, 1.82) is 0 Å². The van der Waals surface area contributed by atoms with E-state index in [1.165, 1.54) is 193 Å². The van der Waals surface area contributed by atoms with Crippen molar-refractivity contribution in [3.63, 3.8) is 0 Å². The summed E-state index contributed by atoms with van der Waals surface area (Å²) in [5.74, 6) is 5.40. The van der Waals surface area contributed by atoms with E-state index in [0.717, 1.165) is 42.1 Å². The first-order valence-electron chi connectivity index (χ1n) is 22.5. The van der Waals surface area contributed by atoms with Crippen LogP contribution in [0.1, 0.15) is 231 Å². The predicted octanol–water partition coefficient (Wildman–Crippen LogP) is 14.6. The van der Waals surface area contributed by atoms with E-state index in [1.54, 1.807) is 38.5 Å². The molecule has 1 unspecified atom stereocenters. The third-order valence-corrected chi connectivity index (χ3v) is 15.8. The molecular formula is C45H80O. The van der Waals surface area contributed by atoms with Gasteiger partial charge in [-0.25, -0.2) is 0 Å². The molecule has 6 aliphatic rings. The van der Waals surface area contributed by atoms with Gasteiger partial charge < -0.3 is 4.74 Å². The Labute approximate surface area is 288 Å². The van der Waals surface area contributed by atoms with Crippen molar-refractivity contribution in [2.75, 3.05) is 6.61 Å². The molecule has 0 aromatic heterocycles. The van der Waals surface area contributed by atoms with E-state index in [-0.39, 0.29) is 5.60 Å². The average molecular weight is 637 g/mol. The summed E-state index contributed by atoms with van der Waals surface area (Å²) in [6.07, 6.45) is 54.2. The number of ether oxygens (including phenoxy) is 1. The second kappa shape index (κ2) is 18.8. The van der Waals surface area contributed by atoms with Gasteiger partial charge in [0, 0.05) is 12.0 Å². The van der Waals surface area contributed by atoms with Crippen molar-refractivity contribution in [2.45, 2.75) is 237 Å². The molecule has 0 N–H and O–H groups in total. The molecular weight excluding hydrogens is 556 g/mol. The van der Waals surface area contributed by atoms with Crippen LogP contribution in [0.2, 0.25) is 0 Å². The van der Waals surface area contributed by atoms with Crippen LogP contribution in [0, 0.1) is 40.9 Å². The Morgan fingerprint density at radius 2 is 0.565 bits per heavy atom. The maximum Gasteiger partial charge on any atom is 0.0802 e. The molecule has 266 valence electrons. The zero-order chi connectivity index (χ0) is 31.3. The zero-order valence-electron chi connectivity index (χ0n) is 31.0. The third kappa shape index (κ3) is 8.12. The standard InChI is InChI=1S/C45H80O/c1-6-16-26-38(27-17-7-1)43-36-37-46-45(41-32-22-12-4-13-23-33-41,42-34-24-14-5-15-25-35-42)44(43,39-28-18-8-2-9-19-29-39)40-30-20-10-3-11-21-31-40/h38-43H,1-37H2. The van der Waals surface area contributed by atoms with Crippen molar-refractivity contribution in [3.8, 4) is 0 Å². The van der Waals surface area contributed by atoms with E-state index in [2.05, 4.69) is 0 Å². The fourth-order valence-corrected chi connectivity index (χ4v) is 14.0. The van der Waals surface area contributed by atoms with Gasteiger partial charge in [0.25, 0.3) is 0 Å². The van der Waals surface area contributed by atoms with Crippen LogP contribution in [0.5, 0.6) is 0 Å². The van der Waals surface area contributed by atoms with Crippen LogP contribution in [0.15, 0.2) is 0 Å². The van der Waals surface area contributed by atoms with Gasteiger partial charge in [-0.1, -0.05) is 173 Å². The second-order valence-corrected chi connectivity index (χ2v) is 18.2. The topological polar surface area (TPSA) is 9.23 Å². The molecule has 0 aromatic carbocycles. The Morgan fingerprint density at radius 1 is 0.283 bits per heavy atom. The minimum atomic E-state index is 0.153.